The molecule has 1 N–H and O–H groups in total. The van der Waals surface area contributed by atoms with Crippen molar-refractivity contribution >= 4 is 39.1 Å². The van der Waals surface area contributed by atoms with Gasteiger partial charge in [-0.05, 0) is 81.1 Å². The normalized spacial score (nSPS) is 14.7. The van der Waals surface area contributed by atoms with Gasteiger partial charge in [-0.15, -0.1) is 0 Å². The van der Waals surface area contributed by atoms with Gasteiger partial charge in [0.05, 0.1) is 10.6 Å². The summed E-state index contributed by atoms with van der Waals surface area (Å²) >= 11 is 6.02. The lowest BCUT2D eigenvalue weighted by Crippen LogP contribution is -2.53. The van der Waals surface area contributed by atoms with Crippen molar-refractivity contribution in [3.05, 3.63) is 94.5 Å². The first kappa shape index (κ1) is 30.6. The molecule has 3 aromatic rings. The van der Waals surface area contributed by atoms with Crippen LogP contribution in [0.15, 0.2) is 77.7 Å². The Morgan fingerprint density at radius 2 is 1.59 bits per heavy atom. The first-order valence-electron chi connectivity index (χ1n) is 14.0. The number of sulfonamides is 1. The lowest BCUT2D eigenvalue weighted by Gasteiger charge is -2.33. The SMILES string of the molecule is Cc1ccc(CN(C(=O)CN(c2cccc(C)c2)S(=O)(=O)c2ccc(Cl)cc2)C(C)C(=O)NC2CCCCC2)cc1. The van der Waals surface area contributed by atoms with Crippen LogP contribution < -0.4 is 9.62 Å². The number of benzene rings is 3. The standard InChI is InChI=1S/C32H38ClN3O4S/c1-23-12-14-26(15-13-23)21-35(25(3)32(38)34-28-9-5-4-6-10-28)31(37)22-36(29-11-7-8-24(2)20-29)41(39,40)30-18-16-27(33)17-19-30/h7-8,11-20,25,28H,4-6,9-10,21-22H2,1-3H3,(H,34,38). The topological polar surface area (TPSA) is 86.8 Å². The van der Waals surface area contributed by atoms with Crippen molar-refractivity contribution in [1.82, 2.24) is 10.2 Å². The van der Waals surface area contributed by atoms with Crippen LogP contribution >= 0.6 is 11.6 Å². The Morgan fingerprint density at radius 3 is 2.22 bits per heavy atom. The minimum absolute atomic E-state index is 0.0179. The fourth-order valence-electron chi connectivity index (χ4n) is 5.09. The van der Waals surface area contributed by atoms with E-state index in [0.29, 0.717) is 10.7 Å². The Labute approximate surface area is 248 Å². The van der Waals surface area contributed by atoms with E-state index in [-0.39, 0.29) is 23.4 Å². The van der Waals surface area contributed by atoms with Crippen molar-refractivity contribution in [1.29, 1.82) is 0 Å². The van der Waals surface area contributed by atoms with Crippen molar-refractivity contribution in [2.75, 3.05) is 10.8 Å². The van der Waals surface area contributed by atoms with E-state index in [1.807, 2.05) is 44.2 Å². The molecule has 0 radical (unpaired) electrons. The number of hydrogen-bond acceptors (Lipinski definition) is 4. The third kappa shape index (κ3) is 7.89. The van der Waals surface area contributed by atoms with Crippen LogP contribution in [0.2, 0.25) is 5.02 Å². The van der Waals surface area contributed by atoms with Crippen molar-refractivity contribution in [2.24, 2.45) is 0 Å². The van der Waals surface area contributed by atoms with Crippen molar-refractivity contribution < 1.29 is 18.0 Å². The summed E-state index contributed by atoms with van der Waals surface area (Å²) in [6, 6.07) is 19.9. The Hall–Kier alpha value is -3.36. The van der Waals surface area contributed by atoms with Crippen molar-refractivity contribution in [3.63, 3.8) is 0 Å². The fourth-order valence-corrected chi connectivity index (χ4v) is 6.62. The highest BCUT2D eigenvalue weighted by atomic mass is 35.5. The second-order valence-corrected chi connectivity index (χ2v) is 13.1. The lowest BCUT2D eigenvalue weighted by molar-refractivity contribution is -0.139. The van der Waals surface area contributed by atoms with Gasteiger partial charge in [-0.3, -0.25) is 13.9 Å². The molecule has 218 valence electrons. The molecular formula is C32H38ClN3O4S. The van der Waals surface area contributed by atoms with E-state index < -0.39 is 28.5 Å². The monoisotopic (exact) mass is 595 g/mol. The highest BCUT2D eigenvalue weighted by Gasteiger charge is 2.33. The molecule has 7 nitrogen and oxygen atoms in total. The molecule has 1 aliphatic carbocycles. The number of nitrogens with zero attached hydrogens (tertiary/aromatic N) is 2. The van der Waals surface area contributed by atoms with Crippen LogP contribution in [0.3, 0.4) is 0 Å². The molecule has 2 amide bonds. The lowest BCUT2D eigenvalue weighted by atomic mass is 9.95. The molecule has 1 fully saturated rings. The number of anilines is 1. The summed E-state index contributed by atoms with van der Waals surface area (Å²) in [5.74, 6) is -0.712. The van der Waals surface area contributed by atoms with E-state index in [9.17, 15) is 18.0 Å². The second kappa shape index (κ2) is 13.5. The Kier molecular flexibility index (Phi) is 10.1. The maximum atomic E-state index is 14.1. The first-order chi connectivity index (χ1) is 19.5. The number of carbonyl (C=O) groups excluding carboxylic acids is 2. The molecule has 3 aromatic carbocycles. The van der Waals surface area contributed by atoms with E-state index >= 15 is 0 Å². The molecule has 1 unspecified atom stereocenters. The predicted octanol–water partition coefficient (Wildman–Crippen LogP) is 6.02. The van der Waals surface area contributed by atoms with E-state index in [2.05, 4.69) is 5.32 Å². The van der Waals surface area contributed by atoms with Crippen molar-refractivity contribution in [3.8, 4) is 0 Å². The average molecular weight is 596 g/mol. The molecule has 1 aliphatic rings. The average Bonchev–Trinajstić information content (AvgIpc) is 2.95. The summed E-state index contributed by atoms with van der Waals surface area (Å²) in [4.78, 5) is 29.0. The number of halogens is 1. The first-order valence-corrected chi connectivity index (χ1v) is 15.9. The highest BCUT2D eigenvalue weighted by molar-refractivity contribution is 7.92. The molecule has 4 rings (SSSR count). The largest absolute Gasteiger partial charge is 0.352 e. The van der Waals surface area contributed by atoms with Gasteiger partial charge in [0, 0.05) is 17.6 Å². The minimum Gasteiger partial charge on any atom is -0.352 e. The molecule has 0 spiro atoms. The molecule has 1 saturated carbocycles. The van der Waals surface area contributed by atoms with Gasteiger partial charge in [0.15, 0.2) is 0 Å². The van der Waals surface area contributed by atoms with Gasteiger partial charge in [-0.1, -0.05) is 72.8 Å². The van der Waals surface area contributed by atoms with Gasteiger partial charge >= 0.3 is 0 Å². The van der Waals surface area contributed by atoms with Crippen LogP contribution in [0.25, 0.3) is 0 Å². The molecular weight excluding hydrogens is 558 g/mol. The number of aryl methyl sites for hydroxylation is 2. The van der Waals surface area contributed by atoms with E-state index in [0.717, 1.165) is 53.1 Å². The second-order valence-electron chi connectivity index (χ2n) is 10.8. The summed E-state index contributed by atoms with van der Waals surface area (Å²) in [5.41, 5.74) is 3.14. The number of carbonyl (C=O) groups is 2. The molecule has 0 aromatic heterocycles. The number of nitrogens with one attached hydrogen (secondary N) is 1. The third-order valence-electron chi connectivity index (χ3n) is 7.56. The molecule has 0 bridgehead atoms. The summed E-state index contributed by atoms with van der Waals surface area (Å²) in [6.45, 7) is 5.24. The van der Waals surface area contributed by atoms with Crippen LogP contribution in [0.1, 0.15) is 55.7 Å². The van der Waals surface area contributed by atoms with Crippen LogP contribution in [-0.4, -0.2) is 43.8 Å². The quantitative estimate of drug-likeness (QED) is 0.311. The van der Waals surface area contributed by atoms with Gasteiger partial charge in [0.2, 0.25) is 11.8 Å². The summed E-state index contributed by atoms with van der Waals surface area (Å²) < 4.78 is 28.9. The number of hydrogen-bond donors (Lipinski definition) is 1. The van der Waals surface area contributed by atoms with Crippen LogP contribution in [0.5, 0.6) is 0 Å². The number of amides is 2. The maximum absolute atomic E-state index is 14.1. The zero-order chi connectivity index (χ0) is 29.6. The van der Waals surface area contributed by atoms with E-state index in [4.69, 9.17) is 11.6 Å². The Bertz CT molecular complexity index is 1450. The number of rotatable bonds is 10. The summed E-state index contributed by atoms with van der Waals surface area (Å²) in [5, 5.41) is 3.53. The molecule has 9 heteroatoms. The third-order valence-corrected chi connectivity index (χ3v) is 9.60. The predicted molar refractivity (Wildman–Crippen MR) is 163 cm³/mol. The minimum atomic E-state index is -4.14. The highest BCUT2D eigenvalue weighted by Crippen LogP contribution is 2.26. The van der Waals surface area contributed by atoms with Crippen LogP contribution in [-0.2, 0) is 26.2 Å². The smallest absolute Gasteiger partial charge is 0.264 e. The molecule has 41 heavy (non-hydrogen) atoms. The van der Waals surface area contributed by atoms with Gasteiger partial charge in [-0.25, -0.2) is 8.42 Å². The van der Waals surface area contributed by atoms with Crippen LogP contribution in [0, 0.1) is 13.8 Å². The van der Waals surface area contributed by atoms with Gasteiger partial charge < -0.3 is 10.2 Å². The van der Waals surface area contributed by atoms with Gasteiger partial charge in [0.25, 0.3) is 10.0 Å². The van der Waals surface area contributed by atoms with Crippen LogP contribution in [0.4, 0.5) is 5.69 Å². The van der Waals surface area contributed by atoms with Crippen molar-refractivity contribution in [2.45, 2.75) is 76.4 Å². The molecule has 1 atom stereocenters. The maximum Gasteiger partial charge on any atom is 0.264 e. The molecule has 0 heterocycles. The van der Waals surface area contributed by atoms with Gasteiger partial charge in [0.1, 0.15) is 12.6 Å². The zero-order valence-electron chi connectivity index (χ0n) is 23.8. The fraction of sp³-hybridized carbons (Fsp3) is 0.375. The molecule has 0 saturated heterocycles. The van der Waals surface area contributed by atoms with Gasteiger partial charge in [-0.2, -0.15) is 0 Å². The van der Waals surface area contributed by atoms with E-state index in [1.165, 1.54) is 29.2 Å². The van der Waals surface area contributed by atoms with E-state index in [1.54, 1.807) is 25.1 Å². The Balaban J connectivity index is 1.67. The Morgan fingerprint density at radius 1 is 0.927 bits per heavy atom. The summed E-state index contributed by atoms with van der Waals surface area (Å²) in [6.07, 6.45) is 5.14. The molecule has 0 aliphatic heterocycles. The zero-order valence-corrected chi connectivity index (χ0v) is 25.4. The summed E-state index contributed by atoms with van der Waals surface area (Å²) in [7, 11) is -4.14.